The molecule has 0 aliphatic rings. The summed E-state index contributed by atoms with van der Waals surface area (Å²) >= 11 is 0. The number of ether oxygens (including phenoxy) is 3. The first-order chi connectivity index (χ1) is 39.0. The molecule has 0 aromatic carbocycles. The maximum atomic E-state index is 12.9. The van der Waals surface area contributed by atoms with E-state index in [0.29, 0.717) is 19.3 Å². The molecule has 6 heteroatoms. The summed E-state index contributed by atoms with van der Waals surface area (Å²) in [5, 5.41) is 0. The molecule has 6 nitrogen and oxygen atoms in total. The number of hydrogen-bond donors (Lipinski definition) is 0. The standard InChI is InChI=1S/C73H132O6/c1-4-7-10-13-16-19-22-25-27-29-31-32-33-34-35-36-37-38-39-40-42-43-45-48-51-54-57-60-63-66-72(75)78-69-70(68-77-71(74)65-62-59-56-53-50-47-24-21-18-15-12-9-6-3)79-73(76)67-64-61-58-55-52-49-46-44-41-30-28-26-23-20-17-14-11-8-5-2/h7,10,16,19,25-28,31-32,70H,4-6,8-9,11-15,17-18,20-24,29-30,33-69H2,1-3H3/b10-7-,19-16-,27-25-,28-26-,32-31-. The van der Waals surface area contributed by atoms with Crippen molar-refractivity contribution in [1.82, 2.24) is 0 Å². The summed E-state index contributed by atoms with van der Waals surface area (Å²) in [6.45, 7) is 6.58. The Balaban J connectivity index is 4.21. The zero-order valence-corrected chi connectivity index (χ0v) is 52.9. The Morgan fingerprint density at radius 3 is 0.785 bits per heavy atom. The van der Waals surface area contributed by atoms with Crippen LogP contribution >= 0.6 is 0 Å². The van der Waals surface area contributed by atoms with Gasteiger partial charge in [-0.1, -0.05) is 326 Å². The van der Waals surface area contributed by atoms with E-state index in [0.717, 1.165) is 83.5 Å². The van der Waals surface area contributed by atoms with Crippen LogP contribution in [-0.2, 0) is 28.6 Å². The number of carbonyl (C=O) groups excluding carboxylic acids is 3. The van der Waals surface area contributed by atoms with Gasteiger partial charge >= 0.3 is 17.9 Å². The lowest BCUT2D eigenvalue weighted by Crippen LogP contribution is -2.30. The molecule has 460 valence electrons. The number of unbranched alkanes of at least 4 members (excludes halogenated alkanes) is 43. The summed E-state index contributed by atoms with van der Waals surface area (Å²) in [5.74, 6) is -0.847. The van der Waals surface area contributed by atoms with Crippen molar-refractivity contribution in [2.24, 2.45) is 0 Å². The van der Waals surface area contributed by atoms with E-state index < -0.39 is 6.10 Å². The zero-order valence-electron chi connectivity index (χ0n) is 52.9. The maximum Gasteiger partial charge on any atom is 0.306 e. The molecule has 0 aliphatic heterocycles. The van der Waals surface area contributed by atoms with Gasteiger partial charge < -0.3 is 14.2 Å². The largest absolute Gasteiger partial charge is 0.462 e. The van der Waals surface area contributed by atoms with E-state index in [-0.39, 0.29) is 31.1 Å². The molecule has 0 spiro atoms. The van der Waals surface area contributed by atoms with Gasteiger partial charge in [-0.2, -0.15) is 0 Å². The van der Waals surface area contributed by atoms with Gasteiger partial charge in [-0.25, -0.2) is 0 Å². The Hall–Kier alpha value is -2.89. The predicted molar refractivity (Wildman–Crippen MR) is 344 cm³/mol. The van der Waals surface area contributed by atoms with Crippen molar-refractivity contribution in [2.45, 2.75) is 374 Å². The lowest BCUT2D eigenvalue weighted by atomic mass is 10.0. The average Bonchev–Trinajstić information content (AvgIpc) is 3.45. The highest BCUT2D eigenvalue weighted by molar-refractivity contribution is 5.71. The van der Waals surface area contributed by atoms with E-state index in [1.165, 1.54) is 244 Å². The molecule has 0 bridgehead atoms. The second-order valence-corrected chi connectivity index (χ2v) is 23.4. The SMILES string of the molecule is CC/C=C\C/C=C\C/C=C\C/C=C\CCCCCCCCCCCCCCCCCCC(=O)OCC(COC(=O)CCCCCCCCCCCCCCC)OC(=O)CCCCCCCCCCC/C=C\CCCCCCCC. The summed E-state index contributed by atoms with van der Waals surface area (Å²) in [6.07, 6.45) is 86.7. The number of carbonyl (C=O) groups is 3. The molecule has 0 aliphatic carbocycles. The Bertz CT molecular complexity index is 1410. The molecule has 1 unspecified atom stereocenters. The van der Waals surface area contributed by atoms with E-state index in [4.69, 9.17) is 14.2 Å². The smallest absolute Gasteiger partial charge is 0.306 e. The molecule has 79 heavy (non-hydrogen) atoms. The van der Waals surface area contributed by atoms with Crippen molar-refractivity contribution < 1.29 is 28.6 Å². The molecule has 0 aromatic heterocycles. The second-order valence-electron chi connectivity index (χ2n) is 23.4. The lowest BCUT2D eigenvalue weighted by molar-refractivity contribution is -0.167. The quantitative estimate of drug-likeness (QED) is 0.0261. The maximum absolute atomic E-state index is 12.9. The summed E-state index contributed by atoms with van der Waals surface area (Å²) in [4.78, 5) is 38.4. The Labute approximate surface area is 491 Å². The summed E-state index contributed by atoms with van der Waals surface area (Å²) < 4.78 is 17.0. The predicted octanol–water partition coefficient (Wildman–Crippen LogP) is 23.9. The van der Waals surface area contributed by atoms with Gasteiger partial charge in [0.25, 0.3) is 0 Å². The summed E-state index contributed by atoms with van der Waals surface area (Å²) in [6, 6.07) is 0. The first-order valence-corrected chi connectivity index (χ1v) is 34.8. The van der Waals surface area contributed by atoms with E-state index in [2.05, 4.69) is 81.5 Å². The van der Waals surface area contributed by atoms with Crippen LogP contribution in [0.5, 0.6) is 0 Å². The Morgan fingerprint density at radius 1 is 0.266 bits per heavy atom. The van der Waals surface area contributed by atoms with Crippen molar-refractivity contribution in [3.63, 3.8) is 0 Å². The van der Waals surface area contributed by atoms with Crippen LogP contribution in [0.2, 0.25) is 0 Å². The lowest BCUT2D eigenvalue weighted by Gasteiger charge is -2.18. The van der Waals surface area contributed by atoms with Crippen molar-refractivity contribution in [2.75, 3.05) is 13.2 Å². The van der Waals surface area contributed by atoms with Gasteiger partial charge in [-0.05, 0) is 83.5 Å². The van der Waals surface area contributed by atoms with Crippen LogP contribution in [0.4, 0.5) is 0 Å². The van der Waals surface area contributed by atoms with E-state index in [1.54, 1.807) is 0 Å². The first kappa shape index (κ1) is 76.1. The van der Waals surface area contributed by atoms with Crippen LogP contribution in [0.15, 0.2) is 60.8 Å². The van der Waals surface area contributed by atoms with Crippen LogP contribution in [0.1, 0.15) is 367 Å². The fourth-order valence-corrected chi connectivity index (χ4v) is 10.3. The van der Waals surface area contributed by atoms with Crippen LogP contribution in [0, 0.1) is 0 Å². The molecular weight excluding hydrogens is 973 g/mol. The Kier molecular flexibility index (Phi) is 65.1. The molecular formula is C73H132O6. The van der Waals surface area contributed by atoms with Crippen molar-refractivity contribution in [3.8, 4) is 0 Å². The van der Waals surface area contributed by atoms with Crippen LogP contribution in [-0.4, -0.2) is 37.2 Å². The normalized spacial score (nSPS) is 12.4. The van der Waals surface area contributed by atoms with Gasteiger partial charge in [0.05, 0.1) is 0 Å². The van der Waals surface area contributed by atoms with Gasteiger partial charge in [0.15, 0.2) is 6.10 Å². The molecule has 0 heterocycles. The number of rotatable bonds is 64. The topological polar surface area (TPSA) is 78.9 Å². The minimum Gasteiger partial charge on any atom is -0.462 e. The third-order valence-corrected chi connectivity index (χ3v) is 15.5. The number of esters is 3. The van der Waals surface area contributed by atoms with E-state index in [9.17, 15) is 14.4 Å². The monoisotopic (exact) mass is 1110 g/mol. The van der Waals surface area contributed by atoms with Crippen molar-refractivity contribution in [3.05, 3.63) is 60.8 Å². The molecule has 1 atom stereocenters. The molecule has 0 aromatic rings. The minimum absolute atomic E-state index is 0.0691. The fraction of sp³-hybridized carbons (Fsp3) is 0.822. The fourth-order valence-electron chi connectivity index (χ4n) is 10.3. The summed E-state index contributed by atoms with van der Waals surface area (Å²) in [5.41, 5.74) is 0. The highest BCUT2D eigenvalue weighted by Crippen LogP contribution is 2.18. The van der Waals surface area contributed by atoms with Gasteiger partial charge in [0.2, 0.25) is 0 Å². The van der Waals surface area contributed by atoms with Gasteiger partial charge in [-0.3, -0.25) is 14.4 Å². The third kappa shape index (κ3) is 65.8. The van der Waals surface area contributed by atoms with Crippen LogP contribution < -0.4 is 0 Å². The van der Waals surface area contributed by atoms with Crippen molar-refractivity contribution in [1.29, 1.82) is 0 Å². The van der Waals surface area contributed by atoms with Gasteiger partial charge in [-0.15, -0.1) is 0 Å². The van der Waals surface area contributed by atoms with Crippen LogP contribution in [0.3, 0.4) is 0 Å². The summed E-state index contributed by atoms with van der Waals surface area (Å²) in [7, 11) is 0. The first-order valence-electron chi connectivity index (χ1n) is 34.8. The third-order valence-electron chi connectivity index (χ3n) is 15.5. The minimum atomic E-state index is -0.773. The number of hydrogen-bond acceptors (Lipinski definition) is 6. The number of allylic oxidation sites excluding steroid dienone is 10. The van der Waals surface area contributed by atoms with Gasteiger partial charge in [0, 0.05) is 19.3 Å². The average molecular weight is 1110 g/mol. The van der Waals surface area contributed by atoms with Gasteiger partial charge in [0.1, 0.15) is 13.2 Å². The van der Waals surface area contributed by atoms with E-state index in [1.807, 2.05) is 0 Å². The molecule has 0 fully saturated rings. The molecule has 0 saturated heterocycles. The van der Waals surface area contributed by atoms with Crippen molar-refractivity contribution >= 4 is 17.9 Å². The molecule has 0 saturated carbocycles. The molecule has 0 amide bonds. The highest BCUT2D eigenvalue weighted by atomic mass is 16.6. The van der Waals surface area contributed by atoms with Crippen LogP contribution in [0.25, 0.3) is 0 Å². The molecule has 0 rings (SSSR count). The zero-order chi connectivity index (χ0) is 57.1. The Morgan fingerprint density at radius 2 is 0.494 bits per heavy atom. The van der Waals surface area contributed by atoms with E-state index >= 15 is 0 Å². The second kappa shape index (κ2) is 67.6. The molecule has 0 radical (unpaired) electrons. The highest BCUT2D eigenvalue weighted by Gasteiger charge is 2.19. The molecule has 0 N–H and O–H groups in total.